The van der Waals surface area contributed by atoms with Crippen molar-refractivity contribution < 1.29 is 42.5 Å². The Balaban J connectivity index is 1.56. The number of hydrogen-bond donors (Lipinski definition) is 0. The molecule has 1 atom stereocenters. The van der Waals surface area contributed by atoms with E-state index in [1.165, 1.54) is 11.7 Å². The third-order valence-electron chi connectivity index (χ3n) is 7.25. The van der Waals surface area contributed by atoms with E-state index in [1.54, 1.807) is 88.4 Å². The smallest absolute Gasteiger partial charge is 0.343 e. The van der Waals surface area contributed by atoms with E-state index >= 15 is 0 Å². The van der Waals surface area contributed by atoms with Crippen LogP contribution in [0.4, 0.5) is 0 Å². The van der Waals surface area contributed by atoms with Crippen molar-refractivity contribution in [2.75, 3.05) is 33.5 Å². The Morgan fingerprint density at radius 2 is 1.65 bits per heavy atom. The second-order valence-corrected chi connectivity index (χ2v) is 11.3. The van der Waals surface area contributed by atoms with E-state index in [9.17, 15) is 19.2 Å². The van der Waals surface area contributed by atoms with Gasteiger partial charge >= 0.3 is 17.9 Å². The number of thiazole rings is 1. The lowest BCUT2D eigenvalue weighted by atomic mass is 9.95. The SMILES string of the molecule is CCOC(=O)C1=C(C)N=c2s/c(=C\c3ccc(-c4ccc(C(=O)OCC)cc4)o3)c(=O)n2[C@H]1c1ccc(OCC(=O)OC)c(OCC)c1. The number of rotatable bonds is 12. The first kappa shape index (κ1) is 33.9. The summed E-state index contributed by atoms with van der Waals surface area (Å²) in [5.41, 5.74) is 1.93. The van der Waals surface area contributed by atoms with Gasteiger partial charge < -0.3 is 28.1 Å². The Kier molecular flexibility index (Phi) is 10.6. The van der Waals surface area contributed by atoms with Gasteiger partial charge in [0.15, 0.2) is 22.9 Å². The van der Waals surface area contributed by atoms with Crippen molar-refractivity contribution >= 4 is 35.3 Å². The highest BCUT2D eigenvalue weighted by molar-refractivity contribution is 7.07. The second-order valence-electron chi connectivity index (χ2n) is 10.3. The summed E-state index contributed by atoms with van der Waals surface area (Å²) in [5, 5.41) is 0. The Hall–Kier alpha value is -5.43. The van der Waals surface area contributed by atoms with E-state index in [1.807, 2.05) is 0 Å². The highest BCUT2D eigenvalue weighted by Crippen LogP contribution is 2.36. The van der Waals surface area contributed by atoms with Crippen molar-refractivity contribution in [2.24, 2.45) is 4.99 Å². The number of fused-ring (bicyclic) bond motifs is 1. The van der Waals surface area contributed by atoms with Crippen molar-refractivity contribution in [3.05, 3.63) is 102 Å². The van der Waals surface area contributed by atoms with E-state index in [0.717, 1.165) is 16.9 Å². The first-order valence-corrected chi connectivity index (χ1v) is 16.0. The van der Waals surface area contributed by atoms with Gasteiger partial charge in [-0.25, -0.2) is 19.4 Å². The molecule has 0 amide bonds. The van der Waals surface area contributed by atoms with Crippen LogP contribution in [0.5, 0.6) is 11.5 Å². The Labute approximate surface area is 279 Å². The van der Waals surface area contributed by atoms with Gasteiger partial charge in [-0.15, -0.1) is 0 Å². The number of carbonyl (C=O) groups excluding carboxylic acids is 3. The first-order chi connectivity index (χ1) is 23.2. The van der Waals surface area contributed by atoms with Gasteiger partial charge in [-0.2, -0.15) is 0 Å². The molecule has 0 saturated heterocycles. The minimum atomic E-state index is -0.901. The number of furan rings is 1. The third kappa shape index (κ3) is 7.10. The van der Waals surface area contributed by atoms with Gasteiger partial charge in [-0.05, 0) is 69.7 Å². The number of methoxy groups -OCH3 is 1. The number of esters is 3. The normalized spacial score (nSPS) is 14.2. The lowest BCUT2D eigenvalue weighted by Crippen LogP contribution is -2.40. The highest BCUT2D eigenvalue weighted by Gasteiger charge is 2.34. The van der Waals surface area contributed by atoms with Crippen molar-refractivity contribution in [3.8, 4) is 22.8 Å². The average molecular weight is 675 g/mol. The van der Waals surface area contributed by atoms with Gasteiger partial charge in [0.2, 0.25) is 0 Å². The topological polar surface area (TPSA) is 145 Å². The van der Waals surface area contributed by atoms with E-state index < -0.39 is 29.5 Å². The van der Waals surface area contributed by atoms with Gasteiger partial charge in [0, 0.05) is 11.6 Å². The Morgan fingerprint density at radius 3 is 2.33 bits per heavy atom. The molecule has 12 nitrogen and oxygen atoms in total. The number of allylic oxidation sites excluding steroid dienone is 1. The lowest BCUT2D eigenvalue weighted by molar-refractivity contribution is -0.143. The van der Waals surface area contributed by atoms with Crippen molar-refractivity contribution in [3.63, 3.8) is 0 Å². The van der Waals surface area contributed by atoms with Crippen LogP contribution in [0.1, 0.15) is 55.4 Å². The molecule has 0 N–H and O–H groups in total. The van der Waals surface area contributed by atoms with Gasteiger partial charge in [0.25, 0.3) is 5.56 Å². The summed E-state index contributed by atoms with van der Waals surface area (Å²) in [6.45, 7) is 7.32. The van der Waals surface area contributed by atoms with Crippen LogP contribution in [-0.4, -0.2) is 56.0 Å². The van der Waals surface area contributed by atoms with Crippen LogP contribution in [-0.2, 0) is 23.8 Å². The number of aromatic nitrogens is 1. The summed E-state index contributed by atoms with van der Waals surface area (Å²) in [4.78, 5) is 56.1. The molecule has 0 spiro atoms. The summed E-state index contributed by atoms with van der Waals surface area (Å²) in [5.74, 6) is 0.00235. The average Bonchev–Trinajstić information content (AvgIpc) is 3.67. The summed E-state index contributed by atoms with van der Waals surface area (Å²) in [7, 11) is 1.26. The van der Waals surface area contributed by atoms with E-state index in [4.69, 9.17) is 23.4 Å². The minimum absolute atomic E-state index is 0.129. The molecule has 0 fully saturated rings. The summed E-state index contributed by atoms with van der Waals surface area (Å²) in [6, 6.07) is 14.4. The Bertz CT molecular complexity index is 2050. The van der Waals surface area contributed by atoms with Crippen LogP contribution < -0.4 is 24.4 Å². The molecule has 250 valence electrons. The lowest BCUT2D eigenvalue weighted by Gasteiger charge is -2.25. The maximum absolute atomic E-state index is 14.1. The zero-order valence-electron chi connectivity index (χ0n) is 27.1. The molecule has 0 unspecified atom stereocenters. The quantitative estimate of drug-likeness (QED) is 0.159. The number of hydrogen-bond acceptors (Lipinski definition) is 12. The van der Waals surface area contributed by atoms with Crippen LogP contribution in [0.2, 0.25) is 0 Å². The maximum atomic E-state index is 14.1. The molecule has 2 aromatic carbocycles. The molecule has 0 radical (unpaired) electrons. The maximum Gasteiger partial charge on any atom is 0.343 e. The van der Waals surface area contributed by atoms with Crippen LogP contribution in [0.25, 0.3) is 17.4 Å². The molecule has 4 aromatic rings. The van der Waals surface area contributed by atoms with Crippen LogP contribution in [0, 0.1) is 0 Å². The predicted molar refractivity (Wildman–Crippen MR) is 176 cm³/mol. The number of ether oxygens (including phenoxy) is 5. The largest absolute Gasteiger partial charge is 0.490 e. The molecule has 0 aliphatic carbocycles. The molecular formula is C35H34N2O10S. The van der Waals surface area contributed by atoms with Crippen molar-refractivity contribution in [1.29, 1.82) is 0 Å². The van der Waals surface area contributed by atoms with E-state index in [0.29, 0.717) is 55.8 Å². The zero-order chi connectivity index (χ0) is 34.4. The standard InChI is InChI=1S/C35H34N2O10S/c1-6-43-27-17-23(13-15-26(27)46-19-29(38)42-5)31-30(34(41)45-8-3)20(4)36-35-37(31)32(39)28(48-35)18-24-14-16-25(47-24)21-9-11-22(12-10-21)33(40)44-7-2/h9-18,31H,6-8,19H2,1-5H3/b28-18-/t31-/m0/s1. The fourth-order valence-electron chi connectivity index (χ4n) is 5.08. The van der Waals surface area contributed by atoms with Gasteiger partial charge in [-0.1, -0.05) is 29.5 Å². The molecule has 1 aliphatic rings. The van der Waals surface area contributed by atoms with Crippen molar-refractivity contribution in [2.45, 2.75) is 33.7 Å². The molecule has 1 aliphatic heterocycles. The number of nitrogens with zero attached hydrogens (tertiary/aromatic N) is 2. The van der Waals surface area contributed by atoms with E-state index in [2.05, 4.69) is 9.73 Å². The molecule has 2 aromatic heterocycles. The van der Waals surface area contributed by atoms with Gasteiger partial charge in [-0.3, -0.25) is 9.36 Å². The molecule has 5 rings (SSSR count). The number of benzene rings is 2. The van der Waals surface area contributed by atoms with Crippen LogP contribution in [0.3, 0.4) is 0 Å². The summed E-state index contributed by atoms with van der Waals surface area (Å²) < 4.78 is 34.4. The summed E-state index contributed by atoms with van der Waals surface area (Å²) in [6.07, 6.45) is 1.62. The predicted octanol–water partition coefficient (Wildman–Crippen LogP) is 4.19. The monoisotopic (exact) mass is 674 g/mol. The molecule has 3 heterocycles. The van der Waals surface area contributed by atoms with Crippen LogP contribution >= 0.6 is 11.3 Å². The fraction of sp³-hybridized carbons (Fsp3) is 0.286. The van der Waals surface area contributed by atoms with E-state index in [-0.39, 0.29) is 25.4 Å². The zero-order valence-corrected chi connectivity index (χ0v) is 27.9. The van der Waals surface area contributed by atoms with Gasteiger partial charge in [0.1, 0.15) is 11.5 Å². The highest BCUT2D eigenvalue weighted by atomic mass is 32.1. The van der Waals surface area contributed by atoms with Crippen LogP contribution in [0.15, 0.2) is 80.1 Å². The number of carbonyl (C=O) groups is 3. The Morgan fingerprint density at radius 1 is 0.917 bits per heavy atom. The summed E-state index contributed by atoms with van der Waals surface area (Å²) >= 11 is 1.16. The minimum Gasteiger partial charge on any atom is -0.490 e. The molecule has 48 heavy (non-hydrogen) atoms. The third-order valence-corrected chi connectivity index (χ3v) is 8.24. The first-order valence-electron chi connectivity index (χ1n) is 15.2. The van der Waals surface area contributed by atoms with Crippen molar-refractivity contribution in [1.82, 2.24) is 4.57 Å². The van der Waals surface area contributed by atoms with Gasteiger partial charge in [0.05, 0.1) is 54.3 Å². The molecule has 13 heteroatoms. The molecule has 0 saturated carbocycles. The fourth-order valence-corrected chi connectivity index (χ4v) is 6.11. The molecule has 0 bridgehead atoms. The molecular weight excluding hydrogens is 640 g/mol. The second kappa shape index (κ2) is 15.0.